The predicted octanol–water partition coefficient (Wildman–Crippen LogP) is 1.52. The zero-order chi connectivity index (χ0) is 22.4. The van der Waals surface area contributed by atoms with E-state index in [-0.39, 0.29) is 34.9 Å². The number of thiophene rings is 1. The van der Waals surface area contributed by atoms with Crippen LogP contribution in [-0.2, 0) is 19.6 Å². The maximum absolute atomic E-state index is 13.2. The quantitative estimate of drug-likeness (QED) is 0.540. The third-order valence-corrected chi connectivity index (χ3v) is 7.60. The summed E-state index contributed by atoms with van der Waals surface area (Å²) >= 11 is 1.16. The molecule has 2 amide bonds. The van der Waals surface area contributed by atoms with E-state index < -0.39 is 27.6 Å². The molecule has 3 N–H and O–H groups in total. The fourth-order valence-corrected chi connectivity index (χ4v) is 5.43. The van der Waals surface area contributed by atoms with Gasteiger partial charge in [0.25, 0.3) is 0 Å². The Morgan fingerprint density at radius 2 is 1.84 bits per heavy atom. The van der Waals surface area contributed by atoms with Gasteiger partial charge in [-0.25, -0.2) is 21.9 Å². The Bertz CT molecular complexity index is 1020. The van der Waals surface area contributed by atoms with Crippen LogP contribution < -0.4 is 15.4 Å². The first-order chi connectivity index (χ1) is 14.7. The molecular formula is C19H22F2N4O4S2. The monoisotopic (exact) mass is 472 g/mol. The lowest BCUT2D eigenvalue weighted by Gasteiger charge is -2.31. The molecule has 0 unspecified atom stereocenters. The minimum Gasteiger partial charge on any atom is -0.346 e. The number of carbonyl (C=O) groups excluding carboxylic acids is 2. The summed E-state index contributed by atoms with van der Waals surface area (Å²) in [6.45, 7) is 0.829. The number of sulfonamides is 1. The van der Waals surface area contributed by atoms with E-state index in [2.05, 4.69) is 15.4 Å². The second-order valence-corrected chi connectivity index (χ2v) is 9.95. The highest BCUT2D eigenvalue weighted by Crippen LogP contribution is 2.18. The van der Waals surface area contributed by atoms with Gasteiger partial charge in [0.05, 0.1) is 13.1 Å². The topological polar surface area (TPSA) is 108 Å². The molecule has 1 aliphatic heterocycles. The molecule has 1 saturated heterocycles. The van der Waals surface area contributed by atoms with E-state index in [4.69, 9.17) is 0 Å². The van der Waals surface area contributed by atoms with E-state index in [1.165, 1.54) is 6.07 Å². The lowest BCUT2D eigenvalue weighted by atomic mass is 10.1. The number of likely N-dealkylation sites (tertiary alicyclic amines) is 1. The van der Waals surface area contributed by atoms with Gasteiger partial charge in [0.2, 0.25) is 21.8 Å². The molecule has 8 nitrogen and oxygen atoms in total. The zero-order valence-corrected chi connectivity index (χ0v) is 18.1. The van der Waals surface area contributed by atoms with Crippen molar-refractivity contribution in [3.05, 3.63) is 47.3 Å². The van der Waals surface area contributed by atoms with E-state index in [1.54, 1.807) is 17.5 Å². The number of hydrogen-bond acceptors (Lipinski definition) is 6. The maximum atomic E-state index is 13.2. The van der Waals surface area contributed by atoms with E-state index in [0.717, 1.165) is 23.5 Å². The molecule has 0 aliphatic carbocycles. The van der Waals surface area contributed by atoms with Crippen molar-refractivity contribution in [1.29, 1.82) is 0 Å². The van der Waals surface area contributed by atoms with Gasteiger partial charge in [-0.2, -0.15) is 0 Å². The summed E-state index contributed by atoms with van der Waals surface area (Å²) in [6.07, 6.45) is 1.13. The third kappa shape index (κ3) is 6.79. The highest BCUT2D eigenvalue weighted by Gasteiger charge is 2.26. The van der Waals surface area contributed by atoms with Gasteiger partial charge in [-0.15, -0.1) is 11.3 Å². The van der Waals surface area contributed by atoms with E-state index in [9.17, 15) is 26.8 Å². The van der Waals surface area contributed by atoms with Crippen LogP contribution in [0.1, 0.15) is 12.8 Å². The Morgan fingerprint density at radius 3 is 2.48 bits per heavy atom. The van der Waals surface area contributed by atoms with Crippen LogP contribution in [0.4, 0.5) is 14.5 Å². The van der Waals surface area contributed by atoms with Gasteiger partial charge in [0.15, 0.2) is 11.6 Å². The van der Waals surface area contributed by atoms with Crippen molar-refractivity contribution >= 4 is 38.9 Å². The van der Waals surface area contributed by atoms with E-state index in [0.29, 0.717) is 25.9 Å². The molecule has 2 aromatic rings. The molecule has 1 aromatic carbocycles. The Hall–Kier alpha value is -2.41. The number of amides is 2. The van der Waals surface area contributed by atoms with Crippen LogP contribution in [0.25, 0.3) is 0 Å². The summed E-state index contributed by atoms with van der Waals surface area (Å²) in [6, 6.07) is 6.00. The lowest BCUT2D eigenvalue weighted by Crippen LogP contribution is -2.47. The van der Waals surface area contributed by atoms with Crippen LogP contribution in [0.3, 0.4) is 0 Å². The molecule has 0 saturated carbocycles. The Kier molecular flexibility index (Phi) is 7.70. The number of rotatable bonds is 8. The second-order valence-electron chi connectivity index (χ2n) is 7.06. The van der Waals surface area contributed by atoms with Gasteiger partial charge in [0, 0.05) is 30.9 Å². The normalized spacial score (nSPS) is 15.5. The van der Waals surface area contributed by atoms with E-state index >= 15 is 0 Å². The molecular weight excluding hydrogens is 450 g/mol. The standard InChI is InChI=1S/C19H22F2N4O4S2/c20-15-4-3-14(10-16(15)21)23-17(26)11-22-18(27)12-25-7-5-13(6-8-25)24-31(28,29)19-2-1-9-30-19/h1-4,9-10,13,24H,5-8,11-12H2,(H,22,27)(H,23,26). The van der Waals surface area contributed by atoms with Gasteiger partial charge in [0.1, 0.15) is 4.21 Å². The molecule has 12 heteroatoms. The molecule has 0 bridgehead atoms. The number of anilines is 1. The SMILES string of the molecule is O=C(CN1CCC(NS(=O)(=O)c2cccs2)CC1)NCC(=O)Nc1ccc(F)c(F)c1. The van der Waals surface area contributed by atoms with E-state index in [1.807, 2.05) is 4.90 Å². The lowest BCUT2D eigenvalue weighted by molar-refractivity contribution is -0.125. The van der Waals surface area contributed by atoms with Crippen LogP contribution in [0, 0.1) is 11.6 Å². The van der Waals surface area contributed by atoms with Crippen molar-refractivity contribution in [2.75, 3.05) is 31.5 Å². The fraction of sp³-hybridized carbons (Fsp3) is 0.368. The van der Waals surface area contributed by atoms with Gasteiger partial charge >= 0.3 is 0 Å². The first-order valence-corrected chi connectivity index (χ1v) is 11.9. The maximum Gasteiger partial charge on any atom is 0.250 e. The Balaban J connectivity index is 1.37. The number of piperidine rings is 1. The fourth-order valence-electron chi connectivity index (χ4n) is 3.12. The van der Waals surface area contributed by atoms with Crippen molar-refractivity contribution < 1.29 is 26.8 Å². The molecule has 2 heterocycles. The molecule has 1 fully saturated rings. The third-order valence-electron chi connectivity index (χ3n) is 4.69. The van der Waals surface area contributed by atoms with Gasteiger partial charge in [-0.1, -0.05) is 6.07 Å². The summed E-state index contributed by atoms with van der Waals surface area (Å²) < 4.78 is 53.6. The summed E-state index contributed by atoms with van der Waals surface area (Å²) in [4.78, 5) is 25.8. The number of nitrogens with one attached hydrogen (secondary N) is 3. The second kappa shape index (κ2) is 10.3. The smallest absolute Gasteiger partial charge is 0.250 e. The number of halogens is 2. The molecule has 0 atom stereocenters. The minimum atomic E-state index is -3.52. The van der Waals surface area contributed by atoms with Crippen molar-refractivity contribution in [3.63, 3.8) is 0 Å². The molecule has 3 rings (SSSR count). The van der Waals surface area contributed by atoms with Crippen molar-refractivity contribution in [2.45, 2.75) is 23.1 Å². The van der Waals surface area contributed by atoms with Gasteiger partial charge in [-0.3, -0.25) is 14.5 Å². The van der Waals surface area contributed by atoms with Gasteiger partial charge < -0.3 is 10.6 Å². The first kappa shape index (κ1) is 23.3. The summed E-state index contributed by atoms with van der Waals surface area (Å²) in [5.41, 5.74) is 0.0882. The Labute approximate surface area is 182 Å². The largest absolute Gasteiger partial charge is 0.346 e. The van der Waals surface area contributed by atoms with Crippen LogP contribution in [0.5, 0.6) is 0 Å². The minimum absolute atomic E-state index is 0.0723. The summed E-state index contributed by atoms with van der Waals surface area (Å²) in [7, 11) is -3.52. The van der Waals surface area contributed by atoms with Crippen LogP contribution >= 0.6 is 11.3 Å². The van der Waals surface area contributed by atoms with Gasteiger partial charge in [-0.05, 0) is 36.4 Å². The summed E-state index contributed by atoms with van der Waals surface area (Å²) in [5.74, 6) is -3.03. The van der Waals surface area contributed by atoms with Crippen molar-refractivity contribution in [3.8, 4) is 0 Å². The number of hydrogen-bond donors (Lipinski definition) is 3. The zero-order valence-electron chi connectivity index (χ0n) is 16.4. The molecule has 1 aromatic heterocycles. The molecule has 0 spiro atoms. The molecule has 168 valence electrons. The number of nitrogens with zero attached hydrogens (tertiary/aromatic N) is 1. The number of benzene rings is 1. The van der Waals surface area contributed by atoms with Crippen LogP contribution in [0.15, 0.2) is 39.9 Å². The first-order valence-electron chi connectivity index (χ1n) is 9.53. The average molecular weight is 473 g/mol. The van der Waals surface area contributed by atoms with Crippen LogP contribution in [0.2, 0.25) is 0 Å². The van der Waals surface area contributed by atoms with Crippen LogP contribution in [-0.4, -0.2) is 57.4 Å². The highest BCUT2D eigenvalue weighted by molar-refractivity contribution is 7.91. The predicted molar refractivity (Wildman–Crippen MR) is 112 cm³/mol. The average Bonchev–Trinajstić information content (AvgIpc) is 3.27. The number of carbonyl (C=O) groups is 2. The van der Waals surface area contributed by atoms with Crippen molar-refractivity contribution in [1.82, 2.24) is 14.9 Å². The summed E-state index contributed by atoms with van der Waals surface area (Å²) in [5, 5.41) is 6.55. The Morgan fingerprint density at radius 1 is 1.10 bits per heavy atom. The molecule has 0 radical (unpaired) electrons. The highest BCUT2D eigenvalue weighted by atomic mass is 32.2. The molecule has 31 heavy (non-hydrogen) atoms. The molecule has 1 aliphatic rings. The van der Waals surface area contributed by atoms with Crippen molar-refractivity contribution in [2.24, 2.45) is 0 Å².